The molecule has 2 aromatic heterocycles. The molecule has 90 valence electrons. The van der Waals surface area contributed by atoms with Gasteiger partial charge in [-0.15, -0.1) is 0 Å². The summed E-state index contributed by atoms with van der Waals surface area (Å²) in [5.41, 5.74) is 3.97. The first kappa shape index (κ1) is 10.9. The third-order valence-electron chi connectivity index (χ3n) is 2.20. The van der Waals surface area contributed by atoms with E-state index in [-0.39, 0.29) is 17.1 Å². The molecule has 0 aliphatic heterocycles. The van der Waals surface area contributed by atoms with Crippen molar-refractivity contribution >= 4 is 23.5 Å². The molecule has 0 unspecified atom stereocenters. The second kappa shape index (κ2) is 4.12. The minimum atomic E-state index is -0.627. The van der Waals surface area contributed by atoms with Gasteiger partial charge < -0.3 is 4.57 Å². The van der Waals surface area contributed by atoms with Crippen LogP contribution in [0.25, 0.3) is 11.2 Å². The van der Waals surface area contributed by atoms with Crippen LogP contribution >= 0.6 is 0 Å². The van der Waals surface area contributed by atoms with Crippen LogP contribution in [0.3, 0.4) is 0 Å². The number of hydrogen-bond acceptors (Lipinski definition) is 5. The predicted molar refractivity (Wildman–Crippen MR) is 59.5 cm³/mol. The average Bonchev–Trinajstić information content (AvgIpc) is 2.63. The van der Waals surface area contributed by atoms with Gasteiger partial charge in [-0.1, -0.05) is 0 Å². The molecule has 2 rings (SSSR count). The summed E-state index contributed by atoms with van der Waals surface area (Å²) in [5.74, 6) is 0.266. The summed E-state index contributed by atoms with van der Waals surface area (Å²) in [7, 11) is 0. The summed E-state index contributed by atoms with van der Waals surface area (Å²) >= 11 is 0. The fourth-order valence-electron chi connectivity index (χ4n) is 1.57. The molecule has 0 bridgehead atoms. The predicted octanol–water partition coefficient (Wildman–Crippen LogP) is -1.49. The van der Waals surface area contributed by atoms with Gasteiger partial charge in [0.2, 0.25) is 12.4 Å². The Hall–Kier alpha value is -2.58. The molecule has 9 heteroatoms. The Morgan fingerprint density at radius 1 is 1.41 bits per heavy atom. The number of nitrogens with zero attached hydrogens (tertiary/aromatic N) is 2. The Balaban J connectivity index is 2.70. The second-order valence-corrected chi connectivity index (χ2v) is 3.17. The van der Waals surface area contributed by atoms with Crippen molar-refractivity contribution in [1.29, 1.82) is 0 Å². The van der Waals surface area contributed by atoms with E-state index in [0.717, 1.165) is 0 Å². The first-order valence-corrected chi connectivity index (χ1v) is 4.85. The number of H-pyrrole nitrogens is 2. The zero-order valence-electron chi connectivity index (χ0n) is 8.90. The number of hydrazine groups is 1. The van der Waals surface area contributed by atoms with E-state index in [2.05, 4.69) is 25.8 Å². The van der Waals surface area contributed by atoms with Gasteiger partial charge in [0.05, 0.1) is 0 Å². The van der Waals surface area contributed by atoms with E-state index in [9.17, 15) is 14.4 Å². The lowest BCUT2D eigenvalue weighted by Crippen LogP contribution is -2.24. The van der Waals surface area contributed by atoms with Gasteiger partial charge in [0.1, 0.15) is 0 Å². The fraction of sp³-hybridized carbons (Fsp3) is 0.250. The molecule has 0 saturated heterocycles. The van der Waals surface area contributed by atoms with Crippen molar-refractivity contribution in [2.24, 2.45) is 0 Å². The molecule has 1 amide bonds. The largest absolute Gasteiger partial charge is 0.327 e. The lowest BCUT2D eigenvalue weighted by molar-refractivity contribution is -0.109. The van der Waals surface area contributed by atoms with Crippen LogP contribution in [0.4, 0.5) is 5.95 Å². The first-order valence-electron chi connectivity index (χ1n) is 4.85. The van der Waals surface area contributed by atoms with Gasteiger partial charge in [0.25, 0.3) is 5.56 Å². The highest BCUT2D eigenvalue weighted by molar-refractivity contribution is 5.73. The number of amides is 1. The highest BCUT2D eigenvalue weighted by atomic mass is 16.2. The molecule has 0 radical (unpaired) electrons. The van der Waals surface area contributed by atoms with E-state index in [4.69, 9.17) is 0 Å². The normalized spacial score (nSPS) is 10.4. The minimum Gasteiger partial charge on any atom is -0.303 e. The van der Waals surface area contributed by atoms with Crippen LogP contribution in [0.2, 0.25) is 0 Å². The molecule has 0 spiro atoms. The van der Waals surface area contributed by atoms with Crippen molar-refractivity contribution < 1.29 is 4.79 Å². The van der Waals surface area contributed by atoms with Crippen molar-refractivity contribution in [2.45, 2.75) is 13.5 Å². The van der Waals surface area contributed by atoms with Gasteiger partial charge in [-0.3, -0.25) is 30.4 Å². The Morgan fingerprint density at radius 2 is 2.18 bits per heavy atom. The van der Waals surface area contributed by atoms with Crippen molar-refractivity contribution in [3.8, 4) is 0 Å². The lowest BCUT2D eigenvalue weighted by atomic mass is 10.5. The molecular formula is C8H10N6O3. The van der Waals surface area contributed by atoms with Crippen molar-refractivity contribution in [3.63, 3.8) is 0 Å². The second-order valence-electron chi connectivity index (χ2n) is 3.17. The summed E-state index contributed by atoms with van der Waals surface area (Å²) in [4.78, 5) is 41.4. The zero-order valence-corrected chi connectivity index (χ0v) is 8.90. The highest BCUT2D eigenvalue weighted by Crippen LogP contribution is 2.12. The van der Waals surface area contributed by atoms with Gasteiger partial charge in [-0.2, -0.15) is 4.98 Å². The van der Waals surface area contributed by atoms with E-state index >= 15 is 0 Å². The number of nitrogens with one attached hydrogen (secondary N) is 4. The molecular weight excluding hydrogens is 228 g/mol. The van der Waals surface area contributed by atoms with Crippen LogP contribution in [0, 0.1) is 0 Å². The smallest absolute Gasteiger partial charge is 0.303 e. The van der Waals surface area contributed by atoms with Crippen LogP contribution in [0.1, 0.15) is 6.92 Å². The number of carbonyl (C=O) groups excluding carboxylic acids is 1. The molecule has 0 saturated carbocycles. The van der Waals surface area contributed by atoms with Crippen molar-refractivity contribution in [1.82, 2.24) is 24.9 Å². The van der Waals surface area contributed by atoms with E-state index in [1.165, 1.54) is 4.57 Å². The summed E-state index contributed by atoms with van der Waals surface area (Å²) < 4.78 is 1.53. The molecule has 0 atom stereocenters. The Labute approximate surface area is 93.8 Å². The van der Waals surface area contributed by atoms with Gasteiger partial charge in [-0.05, 0) is 6.92 Å². The van der Waals surface area contributed by atoms with E-state index in [0.29, 0.717) is 13.0 Å². The molecule has 0 aliphatic rings. The number of anilines is 1. The molecule has 2 aromatic rings. The van der Waals surface area contributed by atoms with Crippen LogP contribution in [0.5, 0.6) is 0 Å². The number of aromatic nitrogens is 4. The van der Waals surface area contributed by atoms with Crippen LogP contribution < -0.4 is 22.1 Å². The molecule has 0 fully saturated rings. The van der Waals surface area contributed by atoms with E-state index < -0.39 is 11.2 Å². The number of hydrogen-bond donors (Lipinski definition) is 4. The minimum absolute atomic E-state index is 0.163. The number of aryl methyl sites for hydroxylation is 1. The summed E-state index contributed by atoms with van der Waals surface area (Å²) in [6, 6.07) is 0. The summed E-state index contributed by atoms with van der Waals surface area (Å²) in [6.45, 7) is 2.26. The number of rotatable bonds is 4. The SMILES string of the molecule is CCn1c(NNC=O)nc2[nH]c(=O)[nH]c(=O)c21. The quantitative estimate of drug-likeness (QED) is 0.381. The Kier molecular flexibility index (Phi) is 2.65. The van der Waals surface area contributed by atoms with Gasteiger partial charge in [0.15, 0.2) is 11.2 Å². The first-order chi connectivity index (χ1) is 8.17. The Morgan fingerprint density at radius 3 is 2.82 bits per heavy atom. The number of imidazole rings is 1. The molecule has 9 nitrogen and oxygen atoms in total. The molecule has 2 heterocycles. The van der Waals surface area contributed by atoms with Crippen LogP contribution in [-0.4, -0.2) is 25.9 Å². The maximum Gasteiger partial charge on any atom is 0.327 e. The zero-order chi connectivity index (χ0) is 12.4. The third-order valence-corrected chi connectivity index (χ3v) is 2.20. The molecule has 0 aliphatic carbocycles. The van der Waals surface area contributed by atoms with Gasteiger partial charge >= 0.3 is 5.69 Å². The van der Waals surface area contributed by atoms with Crippen molar-refractivity contribution in [2.75, 3.05) is 5.43 Å². The standard InChI is InChI=1S/C8H10N6O3/c1-2-14-4-5(10-7(14)13-9-3-15)11-8(17)12-6(4)16/h3H,2H2,1H3,(H,9,15)(H3,10,11,12,13,16,17). The van der Waals surface area contributed by atoms with Gasteiger partial charge in [-0.25, -0.2) is 4.79 Å². The molecule has 4 N–H and O–H groups in total. The van der Waals surface area contributed by atoms with E-state index in [1.807, 2.05) is 0 Å². The number of fused-ring (bicyclic) bond motifs is 1. The summed E-state index contributed by atoms with van der Waals surface area (Å²) in [5, 5.41) is 0. The summed E-state index contributed by atoms with van der Waals surface area (Å²) in [6.07, 6.45) is 0.437. The van der Waals surface area contributed by atoms with Crippen LogP contribution in [-0.2, 0) is 11.3 Å². The monoisotopic (exact) mass is 238 g/mol. The maximum atomic E-state index is 11.6. The molecule has 17 heavy (non-hydrogen) atoms. The topological polar surface area (TPSA) is 125 Å². The maximum absolute atomic E-state index is 11.6. The third kappa shape index (κ3) is 1.77. The number of aromatic amines is 2. The average molecular weight is 238 g/mol. The highest BCUT2D eigenvalue weighted by Gasteiger charge is 2.13. The number of carbonyl (C=O) groups is 1. The molecule has 0 aromatic carbocycles. The fourth-order valence-corrected chi connectivity index (χ4v) is 1.57. The van der Waals surface area contributed by atoms with Crippen molar-refractivity contribution in [3.05, 3.63) is 20.8 Å². The Bertz CT molecular complexity index is 666. The van der Waals surface area contributed by atoms with Crippen LogP contribution in [0.15, 0.2) is 9.59 Å². The van der Waals surface area contributed by atoms with Gasteiger partial charge in [0, 0.05) is 6.54 Å². The lowest BCUT2D eigenvalue weighted by Gasteiger charge is -2.05. The van der Waals surface area contributed by atoms with E-state index in [1.54, 1.807) is 6.92 Å².